The molecule has 1 saturated heterocycles. The topological polar surface area (TPSA) is 45.2 Å². The molecule has 200 valence electrons. The van der Waals surface area contributed by atoms with Crippen molar-refractivity contribution < 1.29 is 9.18 Å². The van der Waals surface area contributed by atoms with E-state index in [1.165, 1.54) is 36.1 Å². The van der Waals surface area contributed by atoms with E-state index in [9.17, 15) is 9.18 Å². The number of amides is 1. The van der Waals surface area contributed by atoms with Crippen molar-refractivity contribution in [3.8, 4) is 11.1 Å². The third-order valence-corrected chi connectivity index (χ3v) is 7.93. The highest BCUT2D eigenvalue weighted by Gasteiger charge is 2.25. The number of nitrogens with one attached hydrogen (secondary N) is 1. The van der Waals surface area contributed by atoms with Crippen LogP contribution in [0.5, 0.6) is 0 Å². The van der Waals surface area contributed by atoms with Crippen molar-refractivity contribution in [1.82, 2.24) is 9.88 Å². The van der Waals surface area contributed by atoms with Crippen LogP contribution in [0.2, 0.25) is 0 Å². The highest BCUT2D eigenvalue weighted by atomic mass is 19.1. The van der Waals surface area contributed by atoms with Crippen LogP contribution in [-0.2, 0) is 13.0 Å². The number of anilines is 1. The average Bonchev–Trinajstić information content (AvgIpc) is 3.41. The highest BCUT2D eigenvalue weighted by Crippen LogP contribution is 2.28. The Balaban J connectivity index is 1.14. The molecule has 1 aromatic heterocycles. The molecule has 1 N–H and O–H groups in total. The maximum Gasteiger partial charge on any atom is 0.255 e. The van der Waals surface area contributed by atoms with E-state index < -0.39 is 0 Å². The molecular formula is C35H32FN3O. The normalized spacial score (nSPS) is 15.4. The molecule has 4 aromatic carbocycles. The lowest BCUT2D eigenvalue weighted by molar-refractivity contribution is 0.102. The Morgan fingerprint density at radius 3 is 2.40 bits per heavy atom. The Morgan fingerprint density at radius 2 is 1.65 bits per heavy atom. The van der Waals surface area contributed by atoms with Crippen LogP contribution in [0.1, 0.15) is 39.9 Å². The third kappa shape index (κ3) is 5.65. The molecule has 0 radical (unpaired) electrons. The van der Waals surface area contributed by atoms with Gasteiger partial charge in [0.2, 0.25) is 0 Å². The van der Waals surface area contributed by atoms with Gasteiger partial charge in [-0.15, -0.1) is 0 Å². The van der Waals surface area contributed by atoms with Gasteiger partial charge in [-0.2, -0.15) is 0 Å². The minimum absolute atomic E-state index is 0.178. The van der Waals surface area contributed by atoms with Gasteiger partial charge in [0, 0.05) is 35.4 Å². The first-order chi connectivity index (χ1) is 19.5. The second-order valence-corrected chi connectivity index (χ2v) is 10.6. The van der Waals surface area contributed by atoms with Gasteiger partial charge < -0.3 is 5.32 Å². The molecule has 0 bridgehead atoms. The van der Waals surface area contributed by atoms with Crippen LogP contribution in [-0.4, -0.2) is 28.4 Å². The molecule has 6 rings (SSSR count). The van der Waals surface area contributed by atoms with E-state index in [0.717, 1.165) is 52.8 Å². The lowest BCUT2D eigenvalue weighted by atomic mass is 10.0. The van der Waals surface area contributed by atoms with Gasteiger partial charge in [-0.1, -0.05) is 60.7 Å². The summed E-state index contributed by atoms with van der Waals surface area (Å²) in [7, 11) is 0. The summed E-state index contributed by atoms with van der Waals surface area (Å²) in [5.74, 6) is -0.446. The molecule has 1 aliphatic rings. The van der Waals surface area contributed by atoms with Gasteiger partial charge in [-0.3, -0.25) is 14.7 Å². The number of likely N-dealkylation sites (tertiary alicyclic amines) is 1. The zero-order valence-electron chi connectivity index (χ0n) is 22.6. The van der Waals surface area contributed by atoms with Crippen molar-refractivity contribution in [3.63, 3.8) is 0 Å². The summed E-state index contributed by atoms with van der Waals surface area (Å²) >= 11 is 0. The number of nitrogens with zero attached hydrogens (tertiary/aromatic N) is 2. The number of aromatic nitrogens is 1. The van der Waals surface area contributed by atoms with Crippen LogP contribution in [0.3, 0.4) is 0 Å². The molecule has 0 spiro atoms. The molecule has 1 aliphatic heterocycles. The monoisotopic (exact) mass is 529 g/mol. The first kappa shape index (κ1) is 25.9. The fourth-order valence-electron chi connectivity index (χ4n) is 5.72. The predicted octanol–water partition coefficient (Wildman–Crippen LogP) is 7.81. The first-order valence-electron chi connectivity index (χ1n) is 13.9. The number of hydrogen-bond donors (Lipinski definition) is 1. The second-order valence-electron chi connectivity index (χ2n) is 10.6. The molecule has 4 nitrogen and oxygen atoms in total. The Hall–Kier alpha value is -4.35. The molecule has 40 heavy (non-hydrogen) atoms. The Labute approximate surface area is 234 Å². The highest BCUT2D eigenvalue weighted by molar-refractivity contribution is 6.06. The Morgan fingerprint density at radius 1 is 0.925 bits per heavy atom. The zero-order valence-corrected chi connectivity index (χ0v) is 22.6. The molecule has 0 saturated carbocycles. The summed E-state index contributed by atoms with van der Waals surface area (Å²) in [6.07, 6.45) is 5.52. The van der Waals surface area contributed by atoms with Gasteiger partial charge in [0.05, 0.1) is 5.52 Å². The van der Waals surface area contributed by atoms with E-state index in [1.54, 1.807) is 24.3 Å². The van der Waals surface area contributed by atoms with Crippen molar-refractivity contribution in [2.75, 3.05) is 11.9 Å². The average molecular weight is 530 g/mol. The summed E-state index contributed by atoms with van der Waals surface area (Å²) in [4.78, 5) is 20.4. The minimum Gasteiger partial charge on any atom is -0.322 e. The van der Waals surface area contributed by atoms with E-state index in [2.05, 4.69) is 46.6 Å². The summed E-state index contributed by atoms with van der Waals surface area (Å²) in [6, 6.07) is 31.2. The summed E-state index contributed by atoms with van der Waals surface area (Å²) in [5, 5.41) is 4.13. The maximum atomic E-state index is 13.2. The van der Waals surface area contributed by atoms with Gasteiger partial charge in [0.1, 0.15) is 5.82 Å². The third-order valence-electron chi connectivity index (χ3n) is 7.93. The smallest absolute Gasteiger partial charge is 0.255 e. The van der Waals surface area contributed by atoms with Crippen LogP contribution in [0, 0.1) is 12.7 Å². The van der Waals surface area contributed by atoms with Gasteiger partial charge in [0.25, 0.3) is 5.91 Å². The first-order valence-corrected chi connectivity index (χ1v) is 13.9. The standard InChI is InChI=1S/C35H32FN3O/c1-24-33(38-35(40)29-11-9-27(10-12-29)28-13-16-31(36)17-14-28)18-15-30-20-26(22-37-34(24)30)23-39-19-5-8-32(39)21-25-6-3-2-4-7-25/h2-4,6-7,9-18,20,22,32H,5,8,19,21,23H2,1H3,(H,38,40). The van der Waals surface area contributed by atoms with Gasteiger partial charge in [0.15, 0.2) is 0 Å². The van der Waals surface area contributed by atoms with Crippen LogP contribution < -0.4 is 5.32 Å². The Kier molecular flexibility index (Phi) is 7.39. The van der Waals surface area contributed by atoms with Crippen molar-refractivity contribution in [2.24, 2.45) is 0 Å². The van der Waals surface area contributed by atoms with Crippen molar-refractivity contribution in [3.05, 3.63) is 131 Å². The van der Waals surface area contributed by atoms with E-state index in [1.807, 2.05) is 37.4 Å². The molecule has 5 aromatic rings. The molecule has 1 unspecified atom stereocenters. The van der Waals surface area contributed by atoms with Gasteiger partial charge >= 0.3 is 0 Å². The number of pyridine rings is 1. The number of hydrogen-bond acceptors (Lipinski definition) is 3. The fraction of sp³-hybridized carbons (Fsp3) is 0.200. The number of rotatable bonds is 7. The fourth-order valence-corrected chi connectivity index (χ4v) is 5.72. The van der Waals surface area contributed by atoms with Crippen LogP contribution in [0.25, 0.3) is 22.0 Å². The van der Waals surface area contributed by atoms with Gasteiger partial charge in [-0.25, -0.2) is 4.39 Å². The SMILES string of the molecule is Cc1c(NC(=O)c2ccc(-c3ccc(F)cc3)cc2)ccc2cc(CN3CCCC3Cc3ccccc3)cnc12. The Bertz CT molecular complexity index is 1630. The number of fused-ring (bicyclic) bond motifs is 1. The molecule has 0 aliphatic carbocycles. The van der Waals surface area contributed by atoms with E-state index in [4.69, 9.17) is 4.98 Å². The lowest BCUT2D eigenvalue weighted by Gasteiger charge is -2.24. The minimum atomic E-state index is -0.268. The molecule has 5 heteroatoms. The van der Waals surface area contributed by atoms with Crippen LogP contribution in [0.4, 0.5) is 10.1 Å². The van der Waals surface area contributed by atoms with E-state index >= 15 is 0 Å². The number of carbonyl (C=O) groups excluding carboxylic acids is 1. The van der Waals surface area contributed by atoms with E-state index in [0.29, 0.717) is 11.6 Å². The number of aryl methyl sites for hydroxylation is 1. The number of halogens is 1. The molecule has 1 amide bonds. The molecule has 1 fully saturated rings. The second kappa shape index (κ2) is 11.4. The van der Waals surface area contributed by atoms with Crippen molar-refractivity contribution in [2.45, 2.75) is 38.8 Å². The summed E-state index contributed by atoms with van der Waals surface area (Å²) in [5.41, 5.74) is 7.60. The molecular weight excluding hydrogens is 497 g/mol. The molecule has 1 atom stereocenters. The van der Waals surface area contributed by atoms with Gasteiger partial charge in [-0.05, 0) is 96.9 Å². The predicted molar refractivity (Wildman–Crippen MR) is 160 cm³/mol. The zero-order chi connectivity index (χ0) is 27.5. The van der Waals surface area contributed by atoms with Crippen molar-refractivity contribution in [1.29, 1.82) is 0 Å². The number of carbonyl (C=O) groups is 1. The van der Waals surface area contributed by atoms with E-state index in [-0.39, 0.29) is 11.7 Å². The van der Waals surface area contributed by atoms with Crippen LogP contribution in [0.15, 0.2) is 103 Å². The largest absolute Gasteiger partial charge is 0.322 e. The maximum absolute atomic E-state index is 13.2. The summed E-state index contributed by atoms with van der Waals surface area (Å²) in [6.45, 7) is 4.01. The van der Waals surface area contributed by atoms with Crippen molar-refractivity contribution >= 4 is 22.5 Å². The van der Waals surface area contributed by atoms with Crippen LogP contribution >= 0.6 is 0 Å². The molecule has 2 heterocycles. The number of benzene rings is 4. The quantitative estimate of drug-likeness (QED) is 0.234. The summed E-state index contributed by atoms with van der Waals surface area (Å²) < 4.78 is 13.2. The lowest BCUT2D eigenvalue weighted by Crippen LogP contribution is -2.30.